The Labute approximate surface area is 66.9 Å². The largest absolute Gasteiger partial charge is 0.375 e. The Bertz CT molecular complexity index is 176. The van der Waals surface area contributed by atoms with Gasteiger partial charge in [-0.25, -0.2) is 0 Å². The van der Waals surface area contributed by atoms with Gasteiger partial charge in [-0.15, -0.1) is 0 Å². The third-order valence-electron chi connectivity index (χ3n) is 2.79. The van der Waals surface area contributed by atoms with Gasteiger partial charge in [-0.05, 0) is 25.7 Å². The fraction of sp³-hybridized carbons (Fsp3) is 0.889. The van der Waals surface area contributed by atoms with E-state index < -0.39 is 0 Å². The Kier molecular flexibility index (Phi) is 1.72. The number of hydrogen-bond donors (Lipinski definition) is 0. The van der Waals surface area contributed by atoms with Crippen molar-refractivity contribution in [2.75, 3.05) is 0 Å². The molecule has 2 rings (SSSR count). The maximum Gasteiger partial charge on any atom is 0.135 e. The van der Waals surface area contributed by atoms with Gasteiger partial charge in [-0.3, -0.25) is 4.79 Å². The molecule has 1 saturated carbocycles. The first-order chi connectivity index (χ1) is 5.25. The molecule has 3 atom stereocenters. The highest BCUT2D eigenvalue weighted by molar-refractivity contribution is 5.79. The number of carbonyl (C=O) groups is 1. The second-order valence-electron chi connectivity index (χ2n) is 3.76. The van der Waals surface area contributed by atoms with Gasteiger partial charge in [0, 0.05) is 12.8 Å². The summed E-state index contributed by atoms with van der Waals surface area (Å²) >= 11 is 0. The fourth-order valence-corrected chi connectivity index (χ4v) is 2.23. The van der Waals surface area contributed by atoms with Gasteiger partial charge in [-0.1, -0.05) is 0 Å². The van der Waals surface area contributed by atoms with Crippen molar-refractivity contribution in [3.05, 3.63) is 0 Å². The summed E-state index contributed by atoms with van der Waals surface area (Å²) in [5.41, 5.74) is 0. The molecule has 1 aliphatic carbocycles. The number of ether oxygens (including phenoxy) is 1. The van der Waals surface area contributed by atoms with Gasteiger partial charge in [0.2, 0.25) is 0 Å². The first-order valence-electron chi connectivity index (χ1n) is 4.43. The monoisotopic (exact) mass is 154 g/mol. The van der Waals surface area contributed by atoms with E-state index in [1.165, 1.54) is 0 Å². The number of Topliss-reactive ketones (excluding diaryl/α,β-unsaturated/α-hetero) is 1. The Morgan fingerprint density at radius 3 is 3.18 bits per heavy atom. The summed E-state index contributed by atoms with van der Waals surface area (Å²) in [6, 6.07) is 0. The zero-order valence-corrected chi connectivity index (χ0v) is 6.88. The van der Waals surface area contributed by atoms with Gasteiger partial charge >= 0.3 is 0 Å². The molecule has 2 nitrogen and oxygen atoms in total. The van der Waals surface area contributed by atoms with Crippen LogP contribution < -0.4 is 0 Å². The van der Waals surface area contributed by atoms with Crippen molar-refractivity contribution < 1.29 is 9.53 Å². The smallest absolute Gasteiger partial charge is 0.135 e. The minimum atomic E-state index is 0.270. The van der Waals surface area contributed by atoms with Crippen LogP contribution in [0.15, 0.2) is 0 Å². The first kappa shape index (κ1) is 7.29. The predicted octanol–water partition coefficient (Wildman–Crippen LogP) is 1.53. The summed E-state index contributed by atoms with van der Waals surface area (Å²) in [5.74, 6) is 1.07. The molecule has 11 heavy (non-hydrogen) atoms. The molecule has 0 bridgehead atoms. The molecule has 1 saturated heterocycles. The lowest BCUT2D eigenvalue weighted by atomic mass is 9.85. The van der Waals surface area contributed by atoms with E-state index in [1.54, 1.807) is 0 Å². The van der Waals surface area contributed by atoms with E-state index in [4.69, 9.17) is 4.74 Å². The number of fused-ring (bicyclic) bond motifs is 1. The average Bonchev–Trinajstić information content (AvgIpc) is 2.27. The number of hydrogen-bond acceptors (Lipinski definition) is 2. The van der Waals surface area contributed by atoms with E-state index in [1.807, 2.05) is 0 Å². The van der Waals surface area contributed by atoms with Crippen molar-refractivity contribution in [2.45, 2.75) is 44.8 Å². The Morgan fingerprint density at radius 2 is 2.36 bits per heavy atom. The first-order valence-corrected chi connectivity index (χ1v) is 4.43. The average molecular weight is 154 g/mol. The van der Waals surface area contributed by atoms with Crippen molar-refractivity contribution in [2.24, 2.45) is 5.92 Å². The van der Waals surface area contributed by atoms with Crippen LogP contribution in [0.1, 0.15) is 32.6 Å². The van der Waals surface area contributed by atoms with E-state index >= 15 is 0 Å². The number of ketones is 1. The van der Waals surface area contributed by atoms with Crippen molar-refractivity contribution in [1.29, 1.82) is 0 Å². The SMILES string of the molecule is C[C@H]1C[C@H]2CCC(=O)C[C@H]2O1. The molecule has 0 unspecified atom stereocenters. The highest BCUT2D eigenvalue weighted by Gasteiger charge is 2.37. The molecule has 1 aliphatic heterocycles. The van der Waals surface area contributed by atoms with E-state index in [0.717, 1.165) is 19.3 Å². The molecule has 0 spiro atoms. The topological polar surface area (TPSA) is 26.3 Å². The highest BCUT2D eigenvalue weighted by atomic mass is 16.5. The van der Waals surface area contributed by atoms with Gasteiger partial charge in [0.05, 0.1) is 12.2 Å². The van der Waals surface area contributed by atoms with Crippen LogP contribution in [0, 0.1) is 5.92 Å². The molecule has 1 heterocycles. The summed E-state index contributed by atoms with van der Waals surface area (Å²) in [4.78, 5) is 11.0. The van der Waals surface area contributed by atoms with E-state index in [9.17, 15) is 4.79 Å². The molecule has 0 amide bonds. The predicted molar refractivity (Wildman–Crippen MR) is 41.3 cm³/mol. The second-order valence-corrected chi connectivity index (χ2v) is 3.76. The molecule has 62 valence electrons. The standard InChI is InChI=1S/C9H14O2/c1-6-4-7-2-3-8(10)5-9(7)11-6/h6-7,9H,2-5H2,1H3/t6-,7+,9+/m0/s1. The Hall–Kier alpha value is -0.370. The molecule has 0 aromatic carbocycles. The quantitative estimate of drug-likeness (QED) is 0.529. The van der Waals surface area contributed by atoms with Crippen LogP contribution in [0.3, 0.4) is 0 Å². The van der Waals surface area contributed by atoms with Crippen LogP contribution in [0.5, 0.6) is 0 Å². The van der Waals surface area contributed by atoms with Crippen molar-refractivity contribution >= 4 is 5.78 Å². The fourth-order valence-electron chi connectivity index (χ4n) is 2.23. The van der Waals surface area contributed by atoms with Crippen LogP contribution in [0.4, 0.5) is 0 Å². The van der Waals surface area contributed by atoms with Gasteiger partial charge < -0.3 is 4.74 Å². The molecular weight excluding hydrogens is 140 g/mol. The van der Waals surface area contributed by atoms with Crippen LogP contribution in [0.2, 0.25) is 0 Å². The minimum absolute atomic E-state index is 0.270. The molecule has 0 radical (unpaired) electrons. The summed E-state index contributed by atoms with van der Waals surface area (Å²) < 4.78 is 5.61. The molecule has 0 aromatic heterocycles. The Balaban J connectivity index is 2.02. The lowest BCUT2D eigenvalue weighted by Gasteiger charge is -2.22. The van der Waals surface area contributed by atoms with Gasteiger partial charge in [0.25, 0.3) is 0 Å². The van der Waals surface area contributed by atoms with Gasteiger partial charge in [0.1, 0.15) is 5.78 Å². The van der Waals surface area contributed by atoms with Crippen LogP contribution >= 0.6 is 0 Å². The zero-order chi connectivity index (χ0) is 7.84. The third kappa shape index (κ3) is 1.32. The summed E-state index contributed by atoms with van der Waals surface area (Å²) in [7, 11) is 0. The summed E-state index contributed by atoms with van der Waals surface area (Å²) in [6.07, 6.45) is 4.35. The molecule has 2 aliphatic rings. The van der Waals surface area contributed by atoms with E-state index in [-0.39, 0.29) is 6.10 Å². The second kappa shape index (κ2) is 2.59. The van der Waals surface area contributed by atoms with Crippen molar-refractivity contribution in [1.82, 2.24) is 0 Å². The maximum absolute atomic E-state index is 11.0. The molecule has 2 fully saturated rings. The lowest BCUT2D eigenvalue weighted by Crippen LogP contribution is -2.26. The molecule has 2 heteroatoms. The molecular formula is C9H14O2. The Morgan fingerprint density at radius 1 is 1.55 bits per heavy atom. The third-order valence-corrected chi connectivity index (χ3v) is 2.79. The maximum atomic E-state index is 11.0. The van der Waals surface area contributed by atoms with Crippen LogP contribution in [0.25, 0.3) is 0 Å². The van der Waals surface area contributed by atoms with Gasteiger partial charge in [-0.2, -0.15) is 0 Å². The summed E-state index contributed by atoms with van der Waals surface area (Å²) in [5, 5.41) is 0. The van der Waals surface area contributed by atoms with E-state index in [0.29, 0.717) is 24.2 Å². The molecule has 0 N–H and O–H groups in total. The van der Waals surface area contributed by atoms with Crippen LogP contribution in [-0.4, -0.2) is 18.0 Å². The normalized spacial score (nSPS) is 44.1. The summed E-state index contributed by atoms with van der Waals surface area (Å²) in [6.45, 7) is 2.10. The number of rotatable bonds is 0. The van der Waals surface area contributed by atoms with Crippen molar-refractivity contribution in [3.63, 3.8) is 0 Å². The highest BCUT2D eigenvalue weighted by Crippen LogP contribution is 2.35. The molecule has 0 aromatic rings. The van der Waals surface area contributed by atoms with E-state index in [2.05, 4.69) is 6.92 Å². The number of carbonyl (C=O) groups excluding carboxylic acids is 1. The zero-order valence-electron chi connectivity index (χ0n) is 6.88. The minimum Gasteiger partial charge on any atom is -0.375 e. The van der Waals surface area contributed by atoms with Crippen LogP contribution in [-0.2, 0) is 9.53 Å². The van der Waals surface area contributed by atoms with Gasteiger partial charge in [0.15, 0.2) is 0 Å². The van der Waals surface area contributed by atoms with Crippen molar-refractivity contribution in [3.8, 4) is 0 Å². The lowest BCUT2D eigenvalue weighted by molar-refractivity contribution is -0.124.